The molecular formula is C26H27N3O2. The summed E-state index contributed by atoms with van der Waals surface area (Å²) in [5.74, 6) is -0.494. The van der Waals surface area contributed by atoms with Gasteiger partial charge in [0.2, 0.25) is 11.8 Å². The molecule has 158 valence electrons. The lowest BCUT2D eigenvalue weighted by molar-refractivity contribution is -0.124. The summed E-state index contributed by atoms with van der Waals surface area (Å²) >= 11 is 0. The second kappa shape index (κ2) is 10.3. The largest absolute Gasteiger partial charge is 0.326 e. The van der Waals surface area contributed by atoms with Gasteiger partial charge in [-0.05, 0) is 60.7 Å². The highest BCUT2D eigenvalue weighted by Crippen LogP contribution is 2.19. The quantitative estimate of drug-likeness (QED) is 0.411. The summed E-state index contributed by atoms with van der Waals surface area (Å²) in [5, 5.41) is 6.99. The number of hydrogen-bond acceptors (Lipinski definition) is 3. The van der Waals surface area contributed by atoms with Crippen LogP contribution in [0.5, 0.6) is 0 Å². The monoisotopic (exact) mass is 413 g/mol. The van der Waals surface area contributed by atoms with E-state index >= 15 is 0 Å². The van der Waals surface area contributed by atoms with Gasteiger partial charge in [0.15, 0.2) is 0 Å². The van der Waals surface area contributed by atoms with Crippen LogP contribution in [0.2, 0.25) is 0 Å². The van der Waals surface area contributed by atoms with E-state index < -0.39 is 0 Å². The molecule has 0 aliphatic carbocycles. The Morgan fingerprint density at radius 3 is 2.10 bits per heavy atom. The summed E-state index contributed by atoms with van der Waals surface area (Å²) in [5.41, 5.74) is 9.44. The minimum absolute atomic E-state index is 0.0698. The highest BCUT2D eigenvalue weighted by molar-refractivity contribution is 6.00. The highest BCUT2D eigenvalue weighted by Gasteiger charge is 2.08. The molecule has 0 aliphatic rings. The van der Waals surface area contributed by atoms with Crippen LogP contribution in [0.1, 0.15) is 36.5 Å². The fraction of sp³-hybridized carbons (Fsp3) is 0.192. The van der Waals surface area contributed by atoms with Gasteiger partial charge in [-0.2, -0.15) is 5.10 Å². The molecule has 3 aromatic rings. The molecule has 5 heteroatoms. The normalized spacial score (nSPS) is 11.1. The van der Waals surface area contributed by atoms with Crippen molar-refractivity contribution in [2.24, 2.45) is 5.10 Å². The molecule has 3 rings (SSSR count). The van der Waals surface area contributed by atoms with Crippen molar-refractivity contribution in [3.63, 3.8) is 0 Å². The standard InChI is InChI=1S/C26H27N3O2/c1-18-9-14-24(17-19(18)2)27-25(30)15-16-26(31)29-28-20(3)21-10-12-23(13-11-21)22-7-5-4-6-8-22/h4-14,17H,15-16H2,1-3H3,(H,27,30)(H,29,31). The van der Waals surface area contributed by atoms with Gasteiger partial charge in [0.1, 0.15) is 0 Å². The van der Waals surface area contributed by atoms with E-state index in [2.05, 4.69) is 28.0 Å². The molecule has 0 spiro atoms. The summed E-state index contributed by atoms with van der Waals surface area (Å²) in [6, 6.07) is 23.9. The summed E-state index contributed by atoms with van der Waals surface area (Å²) in [6.45, 7) is 5.85. The Morgan fingerprint density at radius 2 is 1.42 bits per heavy atom. The molecule has 31 heavy (non-hydrogen) atoms. The fourth-order valence-electron chi connectivity index (χ4n) is 3.07. The Labute approximate surface area is 183 Å². The van der Waals surface area contributed by atoms with Gasteiger partial charge in [-0.25, -0.2) is 5.43 Å². The van der Waals surface area contributed by atoms with Crippen LogP contribution in [0.3, 0.4) is 0 Å². The second-order valence-electron chi connectivity index (χ2n) is 7.52. The Hall–Kier alpha value is -3.73. The van der Waals surface area contributed by atoms with E-state index in [0.29, 0.717) is 5.71 Å². The molecule has 0 saturated carbocycles. The maximum Gasteiger partial charge on any atom is 0.240 e. The average molecular weight is 414 g/mol. The van der Waals surface area contributed by atoms with E-state index in [1.54, 1.807) is 0 Å². The first-order valence-electron chi connectivity index (χ1n) is 10.3. The zero-order valence-corrected chi connectivity index (χ0v) is 18.1. The van der Waals surface area contributed by atoms with Crippen molar-refractivity contribution >= 4 is 23.2 Å². The van der Waals surface area contributed by atoms with E-state index in [9.17, 15) is 9.59 Å². The summed E-state index contributed by atoms with van der Waals surface area (Å²) in [6.07, 6.45) is 0.166. The number of hydrogen-bond donors (Lipinski definition) is 2. The number of amides is 2. The number of carbonyl (C=O) groups is 2. The number of aryl methyl sites for hydroxylation is 2. The van der Waals surface area contributed by atoms with Crippen molar-refractivity contribution in [3.05, 3.63) is 89.5 Å². The van der Waals surface area contributed by atoms with Crippen molar-refractivity contribution in [2.45, 2.75) is 33.6 Å². The van der Waals surface area contributed by atoms with Crippen LogP contribution in [0.15, 0.2) is 77.9 Å². The van der Waals surface area contributed by atoms with Crippen LogP contribution >= 0.6 is 0 Å². The van der Waals surface area contributed by atoms with E-state index in [1.165, 1.54) is 5.56 Å². The minimum atomic E-state index is -0.296. The fourth-order valence-corrected chi connectivity index (χ4v) is 3.07. The summed E-state index contributed by atoms with van der Waals surface area (Å²) in [7, 11) is 0. The van der Waals surface area contributed by atoms with Crippen LogP contribution < -0.4 is 10.7 Å². The highest BCUT2D eigenvalue weighted by atomic mass is 16.2. The van der Waals surface area contributed by atoms with Gasteiger partial charge in [-0.1, -0.05) is 60.7 Å². The molecule has 0 fully saturated rings. The molecule has 0 radical (unpaired) electrons. The molecule has 0 unspecified atom stereocenters. The number of benzene rings is 3. The molecule has 3 aromatic carbocycles. The van der Waals surface area contributed by atoms with Gasteiger partial charge >= 0.3 is 0 Å². The third kappa shape index (κ3) is 6.37. The predicted molar refractivity (Wildman–Crippen MR) is 126 cm³/mol. The lowest BCUT2D eigenvalue weighted by Gasteiger charge is -2.08. The van der Waals surface area contributed by atoms with Crippen LogP contribution in [-0.2, 0) is 9.59 Å². The third-order valence-electron chi connectivity index (χ3n) is 5.13. The maximum atomic E-state index is 12.1. The van der Waals surface area contributed by atoms with Crippen LogP contribution in [0.4, 0.5) is 5.69 Å². The van der Waals surface area contributed by atoms with Gasteiger partial charge in [-0.3, -0.25) is 9.59 Å². The number of nitrogens with one attached hydrogen (secondary N) is 2. The van der Waals surface area contributed by atoms with Crippen molar-refractivity contribution in [3.8, 4) is 11.1 Å². The molecule has 5 nitrogen and oxygen atoms in total. The summed E-state index contributed by atoms with van der Waals surface area (Å²) in [4.78, 5) is 24.2. The first-order valence-corrected chi connectivity index (χ1v) is 10.3. The average Bonchev–Trinajstić information content (AvgIpc) is 2.79. The second-order valence-corrected chi connectivity index (χ2v) is 7.52. The first-order chi connectivity index (χ1) is 14.9. The SMILES string of the molecule is CC(=NNC(=O)CCC(=O)Nc1ccc(C)c(C)c1)c1ccc(-c2ccccc2)cc1. The molecule has 0 heterocycles. The molecule has 0 aliphatic heterocycles. The lowest BCUT2D eigenvalue weighted by Crippen LogP contribution is -2.21. The molecule has 0 bridgehead atoms. The van der Waals surface area contributed by atoms with Crippen molar-refractivity contribution in [1.82, 2.24) is 5.43 Å². The number of carbonyl (C=O) groups excluding carboxylic acids is 2. The third-order valence-corrected chi connectivity index (χ3v) is 5.13. The number of hydrazone groups is 1. The smallest absolute Gasteiger partial charge is 0.240 e. The Balaban J connectivity index is 1.48. The number of anilines is 1. The number of nitrogens with zero attached hydrogens (tertiary/aromatic N) is 1. The molecule has 2 amide bonds. The van der Waals surface area contributed by atoms with Gasteiger partial charge in [0.25, 0.3) is 0 Å². The molecule has 0 aromatic heterocycles. The molecule has 0 atom stereocenters. The van der Waals surface area contributed by atoms with Crippen molar-refractivity contribution in [1.29, 1.82) is 0 Å². The Bertz CT molecular complexity index is 1090. The van der Waals surface area contributed by atoms with Crippen LogP contribution in [0.25, 0.3) is 11.1 Å². The van der Waals surface area contributed by atoms with E-state index in [-0.39, 0.29) is 24.7 Å². The Kier molecular flexibility index (Phi) is 7.33. The Morgan fingerprint density at radius 1 is 0.774 bits per heavy atom. The molecule has 0 saturated heterocycles. The van der Waals surface area contributed by atoms with Gasteiger partial charge in [0, 0.05) is 18.5 Å². The van der Waals surface area contributed by atoms with E-state index in [1.807, 2.05) is 81.4 Å². The van der Waals surface area contributed by atoms with Crippen molar-refractivity contribution < 1.29 is 9.59 Å². The van der Waals surface area contributed by atoms with Crippen LogP contribution in [-0.4, -0.2) is 17.5 Å². The zero-order chi connectivity index (χ0) is 22.2. The minimum Gasteiger partial charge on any atom is -0.326 e. The lowest BCUT2D eigenvalue weighted by atomic mass is 10.0. The van der Waals surface area contributed by atoms with E-state index in [0.717, 1.165) is 27.9 Å². The topological polar surface area (TPSA) is 70.6 Å². The van der Waals surface area contributed by atoms with Crippen LogP contribution in [0, 0.1) is 13.8 Å². The summed E-state index contributed by atoms with van der Waals surface area (Å²) < 4.78 is 0. The first kappa shape index (κ1) is 22.0. The van der Waals surface area contributed by atoms with Gasteiger partial charge in [0.05, 0.1) is 5.71 Å². The van der Waals surface area contributed by atoms with E-state index in [4.69, 9.17) is 0 Å². The molecular weight excluding hydrogens is 386 g/mol. The van der Waals surface area contributed by atoms with Gasteiger partial charge in [-0.15, -0.1) is 0 Å². The predicted octanol–water partition coefficient (Wildman–Crippen LogP) is 5.23. The molecule has 2 N–H and O–H groups in total. The van der Waals surface area contributed by atoms with Crippen molar-refractivity contribution in [2.75, 3.05) is 5.32 Å². The van der Waals surface area contributed by atoms with Gasteiger partial charge < -0.3 is 5.32 Å². The maximum absolute atomic E-state index is 12.1. The zero-order valence-electron chi connectivity index (χ0n) is 18.1. The number of rotatable bonds is 7.